The van der Waals surface area contributed by atoms with Gasteiger partial charge in [0.25, 0.3) is 5.91 Å². The molecule has 0 fully saturated rings. The van der Waals surface area contributed by atoms with Gasteiger partial charge in [-0.25, -0.2) is 0 Å². The zero-order valence-corrected chi connectivity index (χ0v) is 9.27. The standard InChI is InChI=1S/C11H16N2O2/c1-4-13(8(2)3)11(15)9-5-10(14)7-12-6-9/h5-8,14H,4H2,1-3H3. The maximum atomic E-state index is 11.9. The largest absolute Gasteiger partial charge is 0.506 e. The summed E-state index contributed by atoms with van der Waals surface area (Å²) in [4.78, 5) is 17.4. The summed E-state index contributed by atoms with van der Waals surface area (Å²) in [5, 5.41) is 9.22. The van der Waals surface area contributed by atoms with Crippen molar-refractivity contribution >= 4 is 5.91 Å². The molecule has 0 aliphatic heterocycles. The van der Waals surface area contributed by atoms with Crippen molar-refractivity contribution in [1.29, 1.82) is 0 Å². The number of pyridine rings is 1. The molecule has 1 amide bonds. The van der Waals surface area contributed by atoms with Crippen molar-refractivity contribution in [2.45, 2.75) is 26.8 Å². The van der Waals surface area contributed by atoms with E-state index in [4.69, 9.17) is 0 Å². The highest BCUT2D eigenvalue weighted by molar-refractivity contribution is 5.94. The number of aromatic nitrogens is 1. The Labute approximate surface area is 89.6 Å². The molecular weight excluding hydrogens is 192 g/mol. The average Bonchev–Trinajstić information content (AvgIpc) is 2.18. The summed E-state index contributed by atoms with van der Waals surface area (Å²) in [6, 6.07) is 1.57. The smallest absolute Gasteiger partial charge is 0.255 e. The molecule has 0 saturated heterocycles. The van der Waals surface area contributed by atoms with Crippen molar-refractivity contribution in [3.8, 4) is 5.75 Å². The number of aromatic hydroxyl groups is 1. The van der Waals surface area contributed by atoms with Gasteiger partial charge in [0.1, 0.15) is 5.75 Å². The van der Waals surface area contributed by atoms with Gasteiger partial charge in [-0.2, -0.15) is 0 Å². The van der Waals surface area contributed by atoms with E-state index >= 15 is 0 Å². The summed E-state index contributed by atoms with van der Waals surface area (Å²) >= 11 is 0. The van der Waals surface area contributed by atoms with Crippen molar-refractivity contribution in [2.24, 2.45) is 0 Å². The second-order valence-electron chi connectivity index (χ2n) is 3.62. The summed E-state index contributed by atoms with van der Waals surface area (Å²) in [6.45, 7) is 6.48. The van der Waals surface area contributed by atoms with E-state index in [2.05, 4.69) is 4.98 Å². The van der Waals surface area contributed by atoms with Gasteiger partial charge in [-0.3, -0.25) is 9.78 Å². The predicted octanol–water partition coefficient (Wildman–Crippen LogP) is 1.66. The molecule has 82 valence electrons. The summed E-state index contributed by atoms with van der Waals surface area (Å²) < 4.78 is 0. The first kappa shape index (κ1) is 11.5. The lowest BCUT2D eigenvalue weighted by Crippen LogP contribution is -2.36. The van der Waals surface area contributed by atoms with E-state index in [0.29, 0.717) is 12.1 Å². The molecule has 1 rings (SSSR count). The summed E-state index contributed by atoms with van der Waals surface area (Å²) in [6.07, 6.45) is 2.77. The molecule has 0 radical (unpaired) electrons. The Hall–Kier alpha value is -1.58. The van der Waals surface area contributed by atoms with Crippen LogP contribution in [0.3, 0.4) is 0 Å². The topological polar surface area (TPSA) is 53.4 Å². The average molecular weight is 208 g/mol. The third kappa shape index (κ3) is 2.68. The first-order chi connectivity index (χ1) is 7.06. The normalized spacial score (nSPS) is 10.4. The summed E-state index contributed by atoms with van der Waals surface area (Å²) in [7, 11) is 0. The third-order valence-corrected chi connectivity index (χ3v) is 2.20. The van der Waals surface area contributed by atoms with Gasteiger partial charge in [0.05, 0.1) is 11.8 Å². The molecule has 0 atom stereocenters. The number of hydrogen-bond acceptors (Lipinski definition) is 3. The second kappa shape index (κ2) is 4.77. The van der Waals surface area contributed by atoms with Crippen molar-refractivity contribution in [1.82, 2.24) is 9.88 Å². The summed E-state index contributed by atoms with van der Waals surface area (Å²) in [5.74, 6) is -0.0865. The van der Waals surface area contributed by atoms with E-state index in [9.17, 15) is 9.90 Å². The predicted molar refractivity (Wildman–Crippen MR) is 57.7 cm³/mol. The number of rotatable bonds is 3. The quantitative estimate of drug-likeness (QED) is 0.821. The maximum Gasteiger partial charge on any atom is 0.255 e. The third-order valence-electron chi connectivity index (χ3n) is 2.20. The molecule has 4 heteroatoms. The molecule has 0 spiro atoms. The van der Waals surface area contributed by atoms with Crippen LogP contribution in [0.15, 0.2) is 18.5 Å². The number of carbonyl (C=O) groups is 1. The van der Waals surface area contributed by atoms with Crippen molar-refractivity contribution in [2.75, 3.05) is 6.54 Å². The van der Waals surface area contributed by atoms with Gasteiger partial charge in [-0.1, -0.05) is 0 Å². The Morgan fingerprint density at radius 3 is 2.67 bits per heavy atom. The van der Waals surface area contributed by atoms with Gasteiger partial charge in [-0.15, -0.1) is 0 Å². The van der Waals surface area contributed by atoms with Gasteiger partial charge in [0.15, 0.2) is 0 Å². The van der Waals surface area contributed by atoms with E-state index in [1.807, 2.05) is 20.8 Å². The Balaban J connectivity index is 2.93. The molecule has 1 N–H and O–H groups in total. The molecule has 0 bridgehead atoms. The molecule has 0 aromatic carbocycles. The van der Waals surface area contributed by atoms with E-state index in [1.165, 1.54) is 18.5 Å². The Bertz CT molecular complexity index is 350. The zero-order chi connectivity index (χ0) is 11.4. The summed E-state index contributed by atoms with van der Waals surface area (Å²) in [5.41, 5.74) is 0.422. The Kier molecular flexibility index (Phi) is 3.66. The molecule has 15 heavy (non-hydrogen) atoms. The van der Waals surface area contributed by atoms with Crippen LogP contribution in [0.25, 0.3) is 0 Å². The van der Waals surface area contributed by atoms with E-state index < -0.39 is 0 Å². The number of carbonyl (C=O) groups excluding carboxylic acids is 1. The van der Waals surface area contributed by atoms with Crippen LogP contribution in [0, 0.1) is 0 Å². The van der Waals surface area contributed by atoms with Crippen LogP contribution in [0.2, 0.25) is 0 Å². The van der Waals surface area contributed by atoms with Crippen LogP contribution in [0.1, 0.15) is 31.1 Å². The maximum absolute atomic E-state index is 11.9. The molecule has 1 aromatic rings. The van der Waals surface area contributed by atoms with Crippen LogP contribution in [-0.4, -0.2) is 33.5 Å². The lowest BCUT2D eigenvalue weighted by molar-refractivity contribution is 0.0716. The number of hydrogen-bond donors (Lipinski definition) is 1. The lowest BCUT2D eigenvalue weighted by atomic mass is 10.2. The van der Waals surface area contributed by atoms with Gasteiger partial charge in [0, 0.05) is 18.8 Å². The second-order valence-corrected chi connectivity index (χ2v) is 3.62. The van der Waals surface area contributed by atoms with E-state index in [1.54, 1.807) is 4.90 Å². The van der Waals surface area contributed by atoms with Gasteiger partial charge >= 0.3 is 0 Å². The highest BCUT2D eigenvalue weighted by Crippen LogP contribution is 2.12. The highest BCUT2D eigenvalue weighted by Gasteiger charge is 2.17. The van der Waals surface area contributed by atoms with Crippen LogP contribution >= 0.6 is 0 Å². The first-order valence-corrected chi connectivity index (χ1v) is 5.01. The minimum Gasteiger partial charge on any atom is -0.506 e. The molecule has 0 aliphatic rings. The van der Waals surface area contributed by atoms with Crippen molar-refractivity contribution in [3.05, 3.63) is 24.0 Å². The fourth-order valence-electron chi connectivity index (χ4n) is 1.45. The molecule has 0 aliphatic carbocycles. The van der Waals surface area contributed by atoms with Gasteiger partial charge in [-0.05, 0) is 26.8 Å². The van der Waals surface area contributed by atoms with Crippen LogP contribution in [-0.2, 0) is 0 Å². The van der Waals surface area contributed by atoms with E-state index in [0.717, 1.165) is 0 Å². The molecule has 0 saturated carbocycles. The van der Waals surface area contributed by atoms with Gasteiger partial charge < -0.3 is 10.0 Å². The minimum absolute atomic E-state index is 0.0145. The fourth-order valence-corrected chi connectivity index (χ4v) is 1.45. The van der Waals surface area contributed by atoms with Crippen LogP contribution in [0.5, 0.6) is 5.75 Å². The minimum atomic E-state index is -0.101. The fraction of sp³-hybridized carbons (Fsp3) is 0.455. The molecular formula is C11H16N2O2. The number of amides is 1. The number of nitrogens with zero attached hydrogens (tertiary/aromatic N) is 2. The van der Waals surface area contributed by atoms with Crippen LogP contribution < -0.4 is 0 Å². The lowest BCUT2D eigenvalue weighted by Gasteiger charge is -2.24. The molecule has 1 aromatic heterocycles. The first-order valence-electron chi connectivity index (χ1n) is 5.01. The monoisotopic (exact) mass is 208 g/mol. The van der Waals surface area contributed by atoms with Crippen molar-refractivity contribution < 1.29 is 9.90 Å². The zero-order valence-electron chi connectivity index (χ0n) is 9.27. The SMILES string of the molecule is CCN(C(=O)c1cncc(O)c1)C(C)C. The Morgan fingerprint density at radius 2 is 2.20 bits per heavy atom. The van der Waals surface area contributed by atoms with Crippen molar-refractivity contribution in [3.63, 3.8) is 0 Å². The van der Waals surface area contributed by atoms with Gasteiger partial charge in [0.2, 0.25) is 0 Å². The van der Waals surface area contributed by atoms with Crippen LogP contribution in [0.4, 0.5) is 0 Å². The molecule has 0 unspecified atom stereocenters. The highest BCUT2D eigenvalue weighted by atomic mass is 16.3. The molecule has 4 nitrogen and oxygen atoms in total. The molecule has 1 heterocycles. The van der Waals surface area contributed by atoms with E-state index in [-0.39, 0.29) is 17.7 Å². The Morgan fingerprint density at radius 1 is 1.53 bits per heavy atom.